The Bertz CT molecular complexity index is 308. The van der Waals surface area contributed by atoms with Gasteiger partial charge in [-0.05, 0) is 44.6 Å². The summed E-state index contributed by atoms with van der Waals surface area (Å²) < 4.78 is 22.5. The fourth-order valence-electron chi connectivity index (χ4n) is 2.45. The van der Waals surface area contributed by atoms with Gasteiger partial charge in [0.15, 0.2) is 0 Å². The highest BCUT2D eigenvalue weighted by Crippen LogP contribution is 2.33. The number of rotatable bonds is 5. The van der Waals surface area contributed by atoms with E-state index in [0.717, 1.165) is 25.3 Å². The van der Waals surface area contributed by atoms with Crippen LogP contribution >= 0.6 is 0 Å². The first kappa shape index (κ1) is 12.4. The van der Waals surface area contributed by atoms with Gasteiger partial charge in [-0.1, -0.05) is 12.8 Å². The van der Waals surface area contributed by atoms with E-state index in [1.807, 2.05) is 0 Å². The van der Waals surface area contributed by atoms with Gasteiger partial charge in [-0.25, -0.2) is 8.42 Å². The molecule has 2 aliphatic rings. The molecule has 1 atom stereocenters. The molecule has 2 fully saturated rings. The number of hydrogen-bond acceptors (Lipinski definition) is 3. The molecule has 3 nitrogen and oxygen atoms in total. The van der Waals surface area contributed by atoms with Crippen LogP contribution in [0.25, 0.3) is 0 Å². The van der Waals surface area contributed by atoms with Crippen LogP contribution in [0.3, 0.4) is 0 Å². The van der Waals surface area contributed by atoms with Crippen molar-refractivity contribution in [1.29, 1.82) is 0 Å². The summed E-state index contributed by atoms with van der Waals surface area (Å²) in [4.78, 5) is 0. The van der Waals surface area contributed by atoms with E-state index in [0.29, 0.717) is 23.5 Å². The second kappa shape index (κ2) is 5.05. The van der Waals surface area contributed by atoms with Gasteiger partial charge in [0.2, 0.25) is 0 Å². The van der Waals surface area contributed by atoms with Gasteiger partial charge >= 0.3 is 0 Å². The van der Waals surface area contributed by atoms with E-state index in [1.54, 1.807) is 0 Å². The van der Waals surface area contributed by atoms with E-state index in [2.05, 4.69) is 12.2 Å². The summed E-state index contributed by atoms with van der Waals surface area (Å²) in [6.45, 7) is 3.25. The lowest BCUT2D eigenvalue weighted by molar-refractivity contribution is 0.391. The smallest absolute Gasteiger partial charge is 0.150 e. The Morgan fingerprint density at radius 3 is 2.31 bits per heavy atom. The molecule has 4 heteroatoms. The SMILES string of the molecule is CC(CC1CC1)NCC1CCS(=O)(=O)CC1. The maximum Gasteiger partial charge on any atom is 0.150 e. The number of nitrogens with one attached hydrogen (secondary N) is 1. The summed E-state index contributed by atoms with van der Waals surface area (Å²) in [5.41, 5.74) is 0. The Morgan fingerprint density at radius 2 is 1.75 bits per heavy atom. The summed E-state index contributed by atoms with van der Waals surface area (Å²) in [6, 6.07) is 0.603. The van der Waals surface area contributed by atoms with Crippen molar-refractivity contribution >= 4 is 9.84 Å². The Hall–Kier alpha value is -0.0900. The Labute approximate surface area is 98.9 Å². The van der Waals surface area contributed by atoms with Crippen molar-refractivity contribution in [3.8, 4) is 0 Å². The lowest BCUT2D eigenvalue weighted by atomic mass is 10.0. The highest BCUT2D eigenvalue weighted by atomic mass is 32.2. The molecule has 94 valence electrons. The van der Waals surface area contributed by atoms with E-state index in [1.165, 1.54) is 19.3 Å². The predicted octanol–water partition coefficient (Wildman–Crippen LogP) is 1.59. The molecule has 1 aliphatic carbocycles. The maximum atomic E-state index is 11.3. The number of hydrogen-bond donors (Lipinski definition) is 1. The summed E-state index contributed by atoms with van der Waals surface area (Å²) in [7, 11) is -2.69. The molecule has 1 heterocycles. The van der Waals surface area contributed by atoms with Gasteiger partial charge in [0.05, 0.1) is 11.5 Å². The molecule has 0 aromatic heterocycles. The molecule has 0 radical (unpaired) electrons. The van der Waals surface area contributed by atoms with Crippen molar-refractivity contribution < 1.29 is 8.42 Å². The third-order valence-corrected chi connectivity index (χ3v) is 5.53. The number of sulfone groups is 1. The summed E-state index contributed by atoms with van der Waals surface area (Å²) in [5.74, 6) is 2.34. The molecule has 0 spiro atoms. The molecule has 2 rings (SSSR count). The van der Waals surface area contributed by atoms with Crippen LogP contribution in [-0.2, 0) is 9.84 Å². The van der Waals surface area contributed by atoms with E-state index >= 15 is 0 Å². The van der Waals surface area contributed by atoms with Crippen molar-refractivity contribution in [2.75, 3.05) is 18.1 Å². The molecule has 0 amide bonds. The Kier molecular flexibility index (Phi) is 3.90. The van der Waals surface area contributed by atoms with Crippen molar-refractivity contribution in [3.63, 3.8) is 0 Å². The zero-order valence-corrected chi connectivity index (χ0v) is 10.9. The largest absolute Gasteiger partial charge is 0.314 e. The summed E-state index contributed by atoms with van der Waals surface area (Å²) in [5, 5.41) is 3.56. The molecule has 0 aromatic rings. The van der Waals surface area contributed by atoms with Crippen molar-refractivity contribution in [1.82, 2.24) is 5.32 Å². The molecule has 1 saturated heterocycles. The van der Waals surface area contributed by atoms with Gasteiger partial charge in [0, 0.05) is 6.04 Å². The first-order chi connectivity index (χ1) is 7.55. The van der Waals surface area contributed by atoms with Gasteiger partial charge in [-0.2, -0.15) is 0 Å². The standard InChI is InChI=1S/C12H23NO2S/c1-10(8-11-2-3-11)13-9-12-4-6-16(14,15)7-5-12/h10-13H,2-9H2,1H3. The quantitative estimate of drug-likeness (QED) is 0.800. The van der Waals surface area contributed by atoms with E-state index in [-0.39, 0.29) is 0 Å². The lowest BCUT2D eigenvalue weighted by Gasteiger charge is -2.24. The van der Waals surface area contributed by atoms with Crippen LogP contribution in [0.2, 0.25) is 0 Å². The highest BCUT2D eigenvalue weighted by molar-refractivity contribution is 7.91. The average Bonchev–Trinajstić information content (AvgIpc) is 3.00. The Balaban J connectivity index is 1.62. The first-order valence-electron chi connectivity index (χ1n) is 6.49. The van der Waals surface area contributed by atoms with Crippen LogP contribution in [0, 0.1) is 11.8 Å². The normalized spacial score (nSPS) is 27.8. The van der Waals surface area contributed by atoms with Crippen LogP contribution in [0.4, 0.5) is 0 Å². The molecular weight excluding hydrogens is 222 g/mol. The van der Waals surface area contributed by atoms with Crippen LogP contribution in [0.15, 0.2) is 0 Å². The van der Waals surface area contributed by atoms with Crippen molar-refractivity contribution in [2.45, 2.75) is 45.1 Å². The highest BCUT2D eigenvalue weighted by Gasteiger charge is 2.25. The summed E-state index contributed by atoms with van der Waals surface area (Å²) >= 11 is 0. The molecule has 1 aliphatic heterocycles. The maximum absolute atomic E-state index is 11.3. The third kappa shape index (κ3) is 4.06. The topological polar surface area (TPSA) is 46.2 Å². The van der Waals surface area contributed by atoms with Gasteiger partial charge in [-0.15, -0.1) is 0 Å². The second-order valence-electron chi connectivity index (χ2n) is 5.58. The van der Waals surface area contributed by atoms with Gasteiger partial charge in [0.1, 0.15) is 9.84 Å². The van der Waals surface area contributed by atoms with Crippen LogP contribution in [0.1, 0.15) is 39.0 Å². The molecule has 0 bridgehead atoms. The lowest BCUT2D eigenvalue weighted by Crippen LogP contribution is -2.35. The second-order valence-corrected chi connectivity index (χ2v) is 7.89. The molecule has 1 saturated carbocycles. The van der Waals surface area contributed by atoms with E-state index in [4.69, 9.17) is 0 Å². The van der Waals surface area contributed by atoms with E-state index < -0.39 is 9.84 Å². The average molecular weight is 245 g/mol. The summed E-state index contributed by atoms with van der Waals surface area (Å²) in [6.07, 6.45) is 5.82. The molecule has 0 aromatic carbocycles. The minimum absolute atomic E-state index is 0.399. The Morgan fingerprint density at radius 1 is 1.12 bits per heavy atom. The fourth-order valence-corrected chi connectivity index (χ4v) is 4.04. The molecule has 1 N–H and O–H groups in total. The minimum atomic E-state index is -2.69. The zero-order chi connectivity index (χ0) is 11.6. The van der Waals surface area contributed by atoms with Gasteiger partial charge in [0.25, 0.3) is 0 Å². The zero-order valence-electron chi connectivity index (χ0n) is 10.1. The fraction of sp³-hybridized carbons (Fsp3) is 1.00. The van der Waals surface area contributed by atoms with Crippen LogP contribution < -0.4 is 5.32 Å². The van der Waals surface area contributed by atoms with Crippen LogP contribution in [0.5, 0.6) is 0 Å². The van der Waals surface area contributed by atoms with Crippen LogP contribution in [-0.4, -0.2) is 32.5 Å². The molecule has 16 heavy (non-hydrogen) atoms. The molecule has 1 unspecified atom stereocenters. The minimum Gasteiger partial charge on any atom is -0.314 e. The first-order valence-corrected chi connectivity index (χ1v) is 8.31. The van der Waals surface area contributed by atoms with E-state index in [9.17, 15) is 8.42 Å². The molecular formula is C12H23NO2S. The third-order valence-electron chi connectivity index (χ3n) is 3.81. The predicted molar refractivity (Wildman–Crippen MR) is 66.2 cm³/mol. The van der Waals surface area contributed by atoms with Gasteiger partial charge in [-0.3, -0.25) is 0 Å². The monoisotopic (exact) mass is 245 g/mol. The van der Waals surface area contributed by atoms with Crippen molar-refractivity contribution in [3.05, 3.63) is 0 Å². The van der Waals surface area contributed by atoms with Gasteiger partial charge < -0.3 is 5.32 Å². The van der Waals surface area contributed by atoms with Crippen molar-refractivity contribution in [2.24, 2.45) is 11.8 Å².